The van der Waals surface area contributed by atoms with Crippen LogP contribution in [0.25, 0.3) is 0 Å². The molecular weight excluding hydrogens is 382 g/mol. The summed E-state index contributed by atoms with van der Waals surface area (Å²) in [5.41, 5.74) is 0.608. The molecule has 3 N–H and O–H groups in total. The maximum atomic E-state index is 13.8. The van der Waals surface area contributed by atoms with E-state index in [-0.39, 0.29) is 42.4 Å². The van der Waals surface area contributed by atoms with Crippen LogP contribution in [-0.4, -0.2) is 45.9 Å². The molecule has 166 valence electrons. The molecule has 1 amide bonds. The third kappa shape index (κ3) is 3.69. The van der Waals surface area contributed by atoms with Crippen LogP contribution in [0, 0.1) is 29.1 Å². The smallest absolute Gasteiger partial charge is 0.235 e. The van der Waals surface area contributed by atoms with Crippen LogP contribution in [0.1, 0.15) is 60.3 Å². The van der Waals surface area contributed by atoms with E-state index in [4.69, 9.17) is 0 Å². The summed E-state index contributed by atoms with van der Waals surface area (Å²) in [5.74, 6) is -1.75. The Bertz CT molecular complexity index is 797. The second kappa shape index (κ2) is 8.39. The summed E-state index contributed by atoms with van der Waals surface area (Å²) in [7, 11) is 0. The Morgan fingerprint density at radius 1 is 1.10 bits per heavy atom. The first-order valence-corrected chi connectivity index (χ1v) is 11.1. The van der Waals surface area contributed by atoms with Crippen LogP contribution >= 0.6 is 0 Å². The van der Waals surface area contributed by atoms with Gasteiger partial charge in [-0.25, -0.2) is 0 Å². The largest absolute Gasteiger partial charge is 0.385 e. The number of hydrogen-bond acceptors (Lipinski definition) is 5. The van der Waals surface area contributed by atoms with Crippen LogP contribution in [0.5, 0.6) is 0 Å². The van der Waals surface area contributed by atoms with Crippen molar-refractivity contribution in [3.63, 3.8) is 0 Å². The van der Waals surface area contributed by atoms with Gasteiger partial charge in [0, 0.05) is 30.7 Å². The number of allylic oxidation sites excluding steroid dienone is 4. The van der Waals surface area contributed by atoms with E-state index in [2.05, 4.69) is 19.2 Å². The number of rotatable bonds is 2. The van der Waals surface area contributed by atoms with Gasteiger partial charge in [0.15, 0.2) is 11.6 Å². The Balaban J connectivity index is 2.21. The van der Waals surface area contributed by atoms with Crippen LogP contribution in [0.15, 0.2) is 23.3 Å². The lowest BCUT2D eigenvalue weighted by Gasteiger charge is -2.45. The zero-order chi connectivity index (χ0) is 22.4. The van der Waals surface area contributed by atoms with E-state index < -0.39 is 29.3 Å². The van der Waals surface area contributed by atoms with E-state index in [9.17, 15) is 24.6 Å². The van der Waals surface area contributed by atoms with Gasteiger partial charge in [-0.15, -0.1) is 0 Å². The van der Waals surface area contributed by atoms with Gasteiger partial charge in [-0.05, 0) is 38.5 Å². The van der Waals surface area contributed by atoms with Crippen molar-refractivity contribution in [2.24, 2.45) is 29.1 Å². The molecule has 2 aliphatic carbocycles. The molecule has 3 aliphatic rings. The van der Waals surface area contributed by atoms with Crippen LogP contribution in [-0.2, 0) is 14.4 Å². The number of ketones is 2. The van der Waals surface area contributed by atoms with E-state index in [0.717, 1.165) is 17.6 Å². The van der Waals surface area contributed by atoms with Crippen LogP contribution in [0.3, 0.4) is 0 Å². The topological polar surface area (TPSA) is 104 Å². The predicted octanol–water partition coefficient (Wildman–Crippen LogP) is 2.34. The SMILES string of the molecule is CC1=C[C@@H]2/C=C(\C)CCC(=O)[C@H](O)C[C@@H](O)C(=O)[C@]23C(=O)N[C@@H](CC(C)C)[C@@H]3[C@@H]1C. The molecule has 0 radical (unpaired) electrons. The first-order chi connectivity index (χ1) is 14.0. The summed E-state index contributed by atoms with van der Waals surface area (Å²) in [4.78, 5) is 39.5. The highest BCUT2D eigenvalue weighted by Gasteiger charge is 2.66. The zero-order valence-electron chi connectivity index (χ0n) is 18.6. The second-order valence-corrected chi connectivity index (χ2v) is 9.94. The summed E-state index contributed by atoms with van der Waals surface area (Å²) >= 11 is 0. The third-order valence-electron chi connectivity index (χ3n) is 7.36. The van der Waals surface area contributed by atoms with Crippen LogP contribution in [0.2, 0.25) is 0 Å². The number of carbonyl (C=O) groups is 3. The monoisotopic (exact) mass is 417 g/mol. The Morgan fingerprint density at radius 3 is 2.40 bits per heavy atom. The molecule has 7 atom stereocenters. The summed E-state index contributed by atoms with van der Waals surface area (Å²) < 4.78 is 0. The Kier molecular flexibility index (Phi) is 6.40. The predicted molar refractivity (Wildman–Crippen MR) is 113 cm³/mol. The molecule has 0 aromatic carbocycles. The lowest BCUT2D eigenvalue weighted by molar-refractivity contribution is -0.152. The Morgan fingerprint density at radius 2 is 1.77 bits per heavy atom. The van der Waals surface area contributed by atoms with Crippen molar-refractivity contribution in [2.45, 2.75) is 78.6 Å². The fourth-order valence-electron chi connectivity index (χ4n) is 5.75. The quantitative estimate of drug-likeness (QED) is 0.473. The minimum absolute atomic E-state index is 0.00881. The van der Waals surface area contributed by atoms with Gasteiger partial charge >= 0.3 is 0 Å². The average Bonchev–Trinajstić information content (AvgIpc) is 2.94. The van der Waals surface area contributed by atoms with Gasteiger partial charge in [0.05, 0.1) is 0 Å². The molecule has 0 unspecified atom stereocenters. The highest BCUT2D eigenvalue weighted by molar-refractivity contribution is 6.11. The molecule has 6 heteroatoms. The summed E-state index contributed by atoms with van der Waals surface area (Å²) in [5, 5.41) is 24.1. The van der Waals surface area contributed by atoms with Crippen molar-refractivity contribution in [3.8, 4) is 0 Å². The first-order valence-electron chi connectivity index (χ1n) is 11.1. The zero-order valence-corrected chi connectivity index (χ0v) is 18.6. The highest BCUT2D eigenvalue weighted by Crippen LogP contribution is 2.55. The first kappa shape index (κ1) is 22.9. The third-order valence-corrected chi connectivity index (χ3v) is 7.36. The van der Waals surface area contributed by atoms with E-state index in [1.54, 1.807) is 0 Å². The fourth-order valence-corrected chi connectivity index (χ4v) is 5.75. The molecule has 0 aromatic rings. The summed E-state index contributed by atoms with van der Waals surface area (Å²) in [6.07, 6.45) is 1.93. The maximum Gasteiger partial charge on any atom is 0.235 e. The minimum Gasteiger partial charge on any atom is -0.385 e. The number of Topliss-reactive ketones (excluding diaryl/α,β-unsaturated/α-hetero) is 2. The number of amides is 1. The van der Waals surface area contributed by atoms with Crippen molar-refractivity contribution in [2.75, 3.05) is 0 Å². The average molecular weight is 418 g/mol. The molecule has 0 aromatic heterocycles. The summed E-state index contributed by atoms with van der Waals surface area (Å²) in [6, 6.07) is -0.166. The molecule has 1 spiro atoms. The van der Waals surface area contributed by atoms with Gasteiger partial charge in [0.1, 0.15) is 17.6 Å². The molecule has 0 bridgehead atoms. The number of hydrogen-bond donors (Lipinski definition) is 3. The number of aliphatic hydroxyl groups is 2. The lowest BCUT2D eigenvalue weighted by atomic mass is 9.54. The Labute approximate surface area is 178 Å². The van der Waals surface area contributed by atoms with E-state index in [1.807, 2.05) is 32.9 Å². The maximum absolute atomic E-state index is 13.8. The van der Waals surface area contributed by atoms with Gasteiger partial charge in [-0.2, -0.15) is 0 Å². The molecule has 1 heterocycles. The van der Waals surface area contributed by atoms with E-state index in [0.29, 0.717) is 12.3 Å². The molecule has 0 saturated carbocycles. The van der Waals surface area contributed by atoms with Crippen molar-refractivity contribution in [1.29, 1.82) is 0 Å². The number of aliphatic hydroxyl groups excluding tert-OH is 2. The fraction of sp³-hybridized carbons (Fsp3) is 0.708. The van der Waals surface area contributed by atoms with Crippen molar-refractivity contribution in [1.82, 2.24) is 5.32 Å². The summed E-state index contributed by atoms with van der Waals surface area (Å²) in [6.45, 7) is 10.1. The Hall–Kier alpha value is -1.79. The number of carbonyl (C=O) groups excluding carboxylic acids is 3. The highest BCUT2D eigenvalue weighted by atomic mass is 16.3. The van der Waals surface area contributed by atoms with Crippen molar-refractivity contribution in [3.05, 3.63) is 23.3 Å². The van der Waals surface area contributed by atoms with Gasteiger partial charge in [-0.1, -0.05) is 44.1 Å². The lowest BCUT2D eigenvalue weighted by Crippen LogP contribution is -2.56. The molecule has 1 saturated heterocycles. The van der Waals surface area contributed by atoms with Gasteiger partial charge in [0.25, 0.3) is 0 Å². The van der Waals surface area contributed by atoms with Crippen molar-refractivity contribution >= 4 is 17.5 Å². The molecule has 6 nitrogen and oxygen atoms in total. The standard InChI is InChI=1S/C24H35NO5/c1-12(2)8-17-21-15(5)14(4)10-16-9-13(3)6-7-18(26)19(27)11-20(28)22(29)24(16,21)23(30)25-17/h9-10,12,15-17,19-21,27-28H,6-8,11H2,1-5H3,(H,25,30)/b13-9+/t15-,16+,17+,19-,20-,21+,24+/m1/s1. The van der Waals surface area contributed by atoms with Gasteiger partial charge < -0.3 is 15.5 Å². The molecule has 30 heavy (non-hydrogen) atoms. The molecule has 3 rings (SSSR count). The van der Waals surface area contributed by atoms with Crippen molar-refractivity contribution < 1.29 is 24.6 Å². The van der Waals surface area contributed by atoms with E-state index in [1.165, 1.54) is 0 Å². The van der Waals surface area contributed by atoms with Crippen LogP contribution in [0.4, 0.5) is 0 Å². The molecule has 1 fully saturated rings. The molecular formula is C24H35NO5. The normalized spacial score (nSPS) is 41.9. The molecule has 1 aliphatic heterocycles. The van der Waals surface area contributed by atoms with Gasteiger partial charge in [0.2, 0.25) is 5.91 Å². The van der Waals surface area contributed by atoms with Crippen LogP contribution < -0.4 is 5.32 Å². The second-order valence-electron chi connectivity index (χ2n) is 9.94. The van der Waals surface area contributed by atoms with Gasteiger partial charge in [-0.3, -0.25) is 14.4 Å². The van der Waals surface area contributed by atoms with E-state index >= 15 is 0 Å². The minimum atomic E-state index is -1.57. The number of nitrogens with one attached hydrogen (secondary N) is 1.